The minimum absolute atomic E-state index is 0.446. The van der Waals surface area contributed by atoms with Crippen molar-refractivity contribution in [3.05, 3.63) is 0 Å². The van der Waals surface area contributed by atoms with Crippen molar-refractivity contribution in [1.82, 2.24) is 10.6 Å². The molecule has 1 aliphatic carbocycles. The van der Waals surface area contributed by atoms with Crippen LogP contribution in [0.15, 0.2) is 4.99 Å². The second kappa shape index (κ2) is 6.74. The van der Waals surface area contributed by atoms with Crippen molar-refractivity contribution in [3.63, 3.8) is 0 Å². The van der Waals surface area contributed by atoms with Gasteiger partial charge in [0.15, 0.2) is 5.96 Å². The van der Waals surface area contributed by atoms with Gasteiger partial charge in [-0.05, 0) is 31.6 Å². The van der Waals surface area contributed by atoms with Crippen LogP contribution in [-0.4, -0.2) is 39.8 Å². The third-order valence-corrected chi connectivity index (χ3v) is 3.45. The Balaban J connectivity index is 2.32. The Kier molecular flexibility index (Phi) is 5.60. The molecule has 1 saturated carbocycles. The van der Waals surface area contributed by atoms with E-state index in [1.165, 1.54) is 19.3 Å². The Morgan fingerprint density at radius 2 is 2.12 bits per heavy atom. The molecule has 16 heavy (non-hydrogen) atoms. The van der Waals surface area contributed by atoms with Crippen LogP contribution in [0.4, 0.5) is 0 Å². The van der Waals surface area contributed by atoms with Crippen LogP contribution in [-0.2, 0) is 4.74 Å². The van der Waals surface area contributed by atoms with Crippen LogP contribution in [0.2, 0.25) is 0 Å². The number of aliphatic imine (C=N–C) groups is 1. The molecular formula is C12H25N3O. The molecule has 0 aromatic rings. The van der Waals surface area contributed by atoms with Crippen LogP contribution >= 0.6 is 0 Å². The summed E-state index contributed by atoms with van der Waals surface area (Å²) in [4.78, 5) is 4.18. The van der Waals surface area contributed by atoms with Crippen LogP contribution in [0.3, 0.4) is 0 Å². The van der Waals surface area contributed by atoms with Crippen LogP contribution in [0.5, 0.6) is 0 Å². The van der Waals surface area contributed by atoms with Crippen LogP contribution in [0.1, 0.15) is 32.6 Å². The number of rotatable bonds is 6. The summed E-state index contributed by atoms with van der Waals surface area (Å²) >= 11 is 0. The maximum atomic E-state index is 5.18. The SMILES string of the molecule is CCNC(=NC)NCC1(CCOC)CCC1. The van der Waals surface area contributed by atoms with Crippen molar-refractivity contribution in [2.75, 3.05) is 33.9 Å². The average molecular weight is 227 g/mol. The summed E-state index contributed by atoms with van der Waals surface area (Å²) in [5.74, 6) is 0.909. The maximum Gasteiger partial charge on any atom is 0.190 e. The molecular weight excluding hydrogens is 202 g/mol. The summed E-state index contributed by atoms with van der Waals surface area (Å²) in [7, 11) is 3.59. The summed E-state index contributed by atoms with van der Waals surface area (Å²) in [5.41, 5.74) is 0.446. The van der Waals surface area contributed by atoms with E-state index in [4.69, 9.17) is 4.74 Å². The first kappa shape index (κ1) is 13.3. The molecule has 2 N–H and O–H groups in total. The van der Waals surface area contributed by atoms with E-state index in [0.29, 0.717) is 5.41 Å². The van der Waals surface area contributed by atoms with E-state index >= 15 is 0 Å². The van der Waals surface area contributed by atoms with Gasteiger partial charge in [0, 0.05) is 33.9 Å². The molecule has 0 spiro atoms. The average Bonchev–Trinajstić information content (AvgIpc) is 2.25. The topological polar surface area (TPSA) is 45.7 Å². The molecule has 0 atom stereocenters. The van der Waals surface area contributed by atoms with E-state index in [1.54, 1.807) is 7.11 Å². The van der Waals surface area contributed by atoms with Crippen molar-refractivity contribution >= 4 is 5.96 Å². The molecule has 0 aliphatic heterocycles. The lowest BCUT2D eigenvalue weighted by Gasteiger charge is -2.42. The fourth-order valence-corrected chi connectivity index (χ4v) is 2.17. The molecule has 0 aromatic heterocycles. The number of hydrogen-bond acceptors (Lipinski definition) is 2. The minimum atomic E-state index is 0.446. The summed E-state index contributed by atoms with van der Waals surface area (Å²) < 4.78 is 5.18. The Morgan fingerprint density at radius 3 is 2.56 bits per heavy atom. The van der Waals surface area contributed by atoms with Crippen molar-refractivity contribution in [1.29, 1.82) is 0 Å². The van der Waals surface area contributed by atoms with E-state index in [2.05, 4.69) is 22.5 Å². The molecule has 0 amide bonds. The highest BCUT2D eigenvalue weighted by Gasteiger charge is 2.36. The zero-order chi connectivity index (χ0) is 11.9. The molecule has 4 nitrogen and oxygen atoms in total. The fourth-order valence-electron chi connectivity index (χ4n) is 2.17. The Morgan fingerprint density at radius 1 is 1.38 bits per heavy atom. The van der Waals surface area contributed by atoms with Gasteiger partial charge in [0.25, 0.3) is 0 Å². The molecule has 0 unspecified atom stereocenters. The lowest BCUT2D eigenvalue weighted by Crippen LogP contribution is -2.46. The predicted molar refractivity (Wildman–Crippen MR) is 67.8 cm³/mol. The highest BCUT2D eigenvalue weighted by Crippen LogP contribution is 2.43. The van der Waals surface area contributed by atoms with Gasteiger partial charge >= 0.3 is 0 Å². The smallest absolute Gasteiger partial charge is 0.190 e. The first-order valence-electron chi connectivity index (χ1n) is 6.20. The number of guanidine groups is 1. The zero-order valence-electron chi connectivity index (χ0n) is 10.8. The van der Waals surface area contributed by atoms with Crippen LogP contribution < -0.4 is 10.6 Å². The summed E-state index contributed by atoms with van der Waals surface area (Å²) in [5, 5.41) is 6.62. The quantitative estimate of drug-likeness (QED) is 0.532. The van der Waals surface area contributed by atoms with Crippen molar-refractivity contribution < 1.29 is 4.74 Å². The van der Waals surface area contributed by atoms with Gasteiger partial charge in [0.05, 0.1) is 0 Å². The predicted octanol–water partition coefficient (Wildman–Crippen LogP) is 1.38. The molecule has 0 bridgehead atoms. The monoisotopic (exact) mass is 227 g/mol. The maximum absolute atomic E-state index is 5.18. The number of nitrogens with one attached hydrogen (secondary N) is 2. The number of nitrogens with zero attached hydrogens (tertiary/aromatic N) is 1. The number of ether oxygens (including phenoxy) is 1. The van der Waals surface area contributed by atoms with Gasteiger partial charge in [-0.3, -0.25) is 4.99 Å². The Labute approximate surface area is 98.9 Å². The lowest BCUT2D eigenvalue weighted by molar-refractivity contribution is 0.0733. The van der Waals surface area contributed by atoms with Gasteiger partial charge in [-0.25, -0.2) is 0 Å². The fraction of sp³-hybridized carbons (Fsp3) is 0.917. The number of methoxy groups -OCH3 is 1. The largest absolute Gasteiger partial charge is 0.385 e. The van der Waals surface area contributed by atoms with E-state index in [9.17, 15) is 0 Å². The van der Waals surface area contributed by atoms with E-state index in [-0.39, 0.29) is 0 Å². The van der Waals surface area contributed by atoms with Crippen molar-refractivity contribution in [2.24, 2.45) is 10.4 Å². The van der Waals surface area contributed by atoms with Crippen LogP contribution in [0, 0.1) is 5.41 Å². The second-order valence-electron chi connectivity index (χ2n) is 4.55. The molecule has 0 heterocycles. The molecule has 1 aliphatic rings. The van der Waals surface area contributed by atoms with Gasteiger partial charge in [-0.15, -0.1) is 0 Å². The van der Waals surface area contributed by atoms with E-state index < -0.39 is 0 Å². The van der Waals surface area contributed by atoms with Crippen molar-refractivity contribution in [3.8, 4) is 0 Å². The zero-order valence-corrected chi connectivity index (χ0v) is 10.8. The van der Waals surface area contributed by atoms with Gasteiger partial charge < -0.3 is 15.4 Å². The molecule has 0 saturated heterocycles. The summed E-state index contributed by atoms with van der Waals surface area (Å²) in [6.45, 7) is 4.86. The molecule has 1 fully saturated rings. The Bertz CT molecular complexity index is 224. The normalized spacial score (nSPS) is 19.1. The summed E-state index contributed by atoms with van der Waals surface area (Å²) in [6.07, 6.45) is 5.13. The Hall–Kier alpha value is -0.770. The van der Waals surface area contributed by atoms with Gasteiger partial charge in [0.2, 0.25) is 0 Å². The third kappa shape index (κ3) is 3.67. The molecule has 0 radical (unpaired) electrons. The third-order valence-electron chi connectivity index (χ3n) is 3.45. The summed E-state index contributed by atoms with van der Waals surface area (Å²) in [6, 6.07) is 0. The van der Waals surface area contributed by atoms with E-state index in [0.717, 1.165) is 32.1 Å². The standard InChI is InChI=1S/C12H25N3O/c1-4-14-11(13-2)15-10-12(6-5-7-12)8-9-16-3/h4-10H2,1-3H3,(H2,13,14,15). The van der Waals surface area contributed by atoms with E-state index in [1.807, 2.05) is 7.05 Å². The van der Waals surface area contributed by atoms with Gasteiger partial charge in [0.1, 0.15) is 0 Å². The van der Waals surface area contributed by atoms with Gasteiger partial charge in [-0.2, -0.15) is 0 Å². The number of hydrogen-bond donors (Lipinski definition) is 2. The van der Waals surface area contributed by atoms with Crippen molar-refractivity contribution in [2.45, 2.75) is 32.6 Å². The molecule has 0 aromatic carbocycles. The first-order valence-corrected chi connectivity index (χ1v) is 6.20. The molecule has 94 valence electrons. The minimum Gasteiger partial charge on any atom is -0.385 e. The lowest BCUT2D eigenvalue weighted by atomic mass is 9.67. The highest BCUT2D eigenvalue weighted by atomic mass is 16.5. The molecule has 4 heteroatoms. The van der Waals surface area contributed by atoms with Gasteiger partial charge in [-0.1, -0.05) is 6.42 Å². The highest BCUT2D eigenvalue weighted by molar-refractivity contribution is 5.79. The van der Waals surface area contributed by atoms with Crippen LogP contribution in [0.25, 0.3) is 0 Å². The molecule has 1 rings (SSSR count). The first-order chi connectivity index (χ1) is 7.76. The second-order valence-corrected chi connectivity index (χ2v) is 4.55.